The number of nitrogens with zero attached hydrogens (tertiary/aromatic N) is 2. The standard InChI is InChI=1S/C17H28BrN3/c1-13(2)10-19-11-15-5-6-16(9-17(15)18)21-8-7-20(4)12-14(21)3/h5-6,9,13-14,19H,7-8,10-12H2,1-4H3. The summed E-state index contributed by atoms with van der Waals surface area (Å²) in [5.74, 6) is 0.689. The van der Waals surface area contributed by atoms with Crippen molar-refractivity contribution < 1.29 is 0 Å². The van der Waals surface area contributed by atoms with E-state index in [0.717, 1.165) is 32.7 Å². The molecule has 21 heavy (non-hydrogen) atoms. The zero-order valence-electron chi connectivity index (χ0n) is 13.7. The van der Waals surface area contributed by atoms with Crippen molar-refractivity contribution in [2.75, 3.05) is 38.1 Å². The second kappa shape index (κ2) is 7.61. The van der Waals surface area contributed by atoms with E-state index in [1.165, 1.54) is 15.7 Å². The Morgan fingerprint density at radius 1 is 1.33 bits per heavy atom. The van der Waals surface area contributed by atoms with Crippen molar-refractivity contribution in [3.63, 3.8) is 0 Å². The molecule has 1 fully saturated rings. The first kappa shape index (κ1) is 16.8. The molecule has 1 aromatic carbocycles. The number of halogens is 1. The maximum atomic E-state index is 3.74. The van der Waals surface area contributed by atoms with Gasteiger partial charge in [0.05, 0.1) is 0 Å². The Morgan fingerprint density at radius 3 is 2.71 bits per heavy atom. The molecule has 0 aliphatic carbocycles. The predicted molar refractivity (Wildman–Crippen MR) is 95.0 cm³/mol. The number of anilines is 1. The van der Waals surface area contributed by atoms with E-state index < -0.39 is 0 Å². The summed E-state index contributed by atoms with van der Waals surface area (Å²) in [5, 5.41) is 3.51. The van der Waals surface area contributed by atoms with Crippen LogP contribution in [-0.2, 0) is 6.54 Å². The van der Waals surface area contributed by atoms with E-state index in [4.69, 9.17) is 0 Å². The van der Waals surface area contributed by atoms with Crippen molar-refractivity contribution in [3.05, 3.63) is 28.2 Å². The summed E-state index contributed by atoms with van der Waals surface area (Å²) in [7, 11) is 2.20. The third kappa shape index (κ3) is 4.70. The first-order chi connectivity index (χ1) is 9.97. The molecular weight excluding hydrogens is 326 g/mol. The van der Waals surface area contributed by atoms with Gasteiger partial charge in [-0.1, -0.05) is 35.8 Å². The summed E-state index contributed by atoms with van der Waals surface area (Å²) in [6.45, 7) is 12.1. The van der Waals surface area contributed by atoms with Crippen LogP contribution in [0.15, 0.2) is 22.7 Å². The Balaban J connectivity index is 2.01. The molecule has 1 saturated heterocycles. The van der Waals surface area contributed by atoms with E-state index in [2.05, 4.69) is 77.1 Å². The highest BCUT2D eigenvalue weighted by Crippen LogP contribution is 2.26. The minimum Gasteiger partial charge on any atom is -0.366 e. The molecule has 3 nitrogen and oxygen atoms in total. The predicted octanol–water partition coefficient (Wildman–Crippen LogP) is 3.34. The summed E-state index contributed by atoms with van der Waals surface area (Å²) in [6, 6.07) is 7.35. The average Bonchev–Trinajstić information content (AvgIpc) is 2.40. The zero-order valence-corrected chi connectivity index (χ0v) is 15.3. The third-order valence-corrected chi connectivity index (χ3v) is 4.81. The smallest absolute Gasteiger partial charge is 0.0389 e. The number of rotatable bonds is 5. The summed E-state index contributed by atoms with van der Waals surface area (Å²) in [6.07, 6.45) is 0. The maximum absolute atomic E-state index is 3.74. The van der Waals surface area contributed by atoms with Gasteiger partial charge < -0.3 is 15.1 Å². The largest absolute Gasteiger partial charge is 0.366 e. The fraction of sp³-hybridized carbons (Fsp3) is 0.647. The van der Waals surface area contributed by atoms with Gasteiger partial charge in [-0.3, -0.25) is 0 Å². The number of benzene rings is 1. The van der Waals surface area contributed by atoms with Gasteiger partial charge >= 0.3 is 0 Å². The fourth-order valence-electron chi connectivity index (χ4n) is 2.88. The van der Waals surface area contributed by atoms with Gasteiger partial charge in [-0.05, 0) is 44.1 Å². The highest BCUT2D eigenvalue weighted by atomic mass is 79.9. The SMILES string of the molecule is CC(C)CNCc1ccc(N2CCN(C)CC2C)cc1Br. The number of nitrogens with one attached hydrogen (secondary N) is 1. The van der Waals surface area contributed by atoms with Crippen molar-refractivity contribution in [3.8, 4) is 0 Å². The second-order valence-corrected chi connectivity index (χ2v) is 7.46. The van der Waals surface area contributed by atoms with Crippen LogP contribution in [0.3, 0.4) is 0 Å². The monoisotopic (exact) mass is 353 g/mol. The quantitative estimate of drug-likeness (QED) is 0.875. The van der Waals surface area contributed by atoms with Crippen LogP contribution in [-0.4, -0.2) is 44.2 Å². The molecular formula is C17H28BrN3. The number of hydrogen-bond acceptors (Lipinski definition) is 3. The highest BCUT2D eigenvalue weighted by molar-refractivity contribution is 9.10. The van der Waals surface area contributed by atoms with Gasteiger partial charge in [0, 0.05) is 42.4 Å². The van der Waals surface area contributed by atoms with Crippen LogP contribution >= 0.6 is 15.9 Å². The molecule has 1 atom stereocenters. The molecule has 2 rings (SSSR count). The molecule has 0 spiro atoms. The molecule has 4 heteroatoms. The highest BCUT2D eigenvalue weighted by Gasteiger charge is 2.21. The van der Waals surface area contributed by atoms with Crippen molar-refractivity contribution in [1.29, 1.82) is 0 Å². The van der Waals surface area contributed by atoms with Crippen LogP contribution < -0.4 is 10.2 Å². The van der Waals surface area contributed by atoms with Gasteiger partial charge in [-0.15, -0.1) is 0 Å². The molecule has 0 saturated carbocycles. The lowest BCUT2D eigenvalue weighted by atomic mass is 10.1. The van der Waals surface area contributed by atoms with Gasteiger partial charge in [-0.25, -0.2) is 0 Å². The Labute approximate surface area is 137 Å². The van der Waals surface area contributed by atoms with Crippen LogP contribution in [0.1, 0.15) is 26.3 Å². The number of piperazine rings is 1. The Hall–Kier alpha value is -0.580. The van der Waals surface area contributed by atoms with E-state index >= 15 is 0 Å². The van der Waals surface area contributed by atoms with Crippen molar-refractivity contribution in [2.45, 2.75) is 33.4 Å². The topological polar surface area (TPSA) is 18.5 Å². The van der Waals surface area contributed by atoms with Crippen molar-refractivity contribution in [1.82, 2.24) is 10.2 Å². The van der Waals surface area contributed by atoms with Crippen LogP contribution in [0.25, 0.3) is 0 Å². The van der Waals surface area contributed by atoms with E-state index in [1.807, 2.05) is 0 Å². The molecule has 0 radical (unpaired) electrons. The van der Waals surface area contributed by atoms with Gasteiger partial charge in [0.2, 0.25) is 0 Å². The van der Waals surface area contributed by atoms with Crippen molar-refractivity contribution >= 4 is 21.6 Å². The lowest BCUT2D eigenvalue weighted by Gasteiger charge is -2.40. The van der Waals surface area contributed by atoms with Gasteiger partial charge in [0.15, 0.2) is 0 Å². The van der Waals surface area contributed by atoms with Crippen LogP contribution in [0.4, 0.5) is 5.69 Å². The Morgan fingerprint density at radius 2 is 2.10 bits per heavy atom. The number of hydrogen-bond donors (Lipinski definition) is 1. The van der Waals surface area contributed by atoms with E-state index in [0.29, 0.717) is 12.0 Å². The van der Waals surface area contributed by atoms with Crippen LogP contribution in [0.2, 0.25) is 0 Å². The van der Waals surface area contributed by atoms with Crippen LogP contribution in [0, 0.1) is 5.92 Å². The lowest BCUT2D eigenvalue weighted by molar-refractivity contribution is 0.275. The normalized spacial score (nSPS) is 20.3. The molecule has 1 aliphatic rings. The minimum absolute atomic E-state index is 0.570. The fourth-order valence-corrected chi connectivity index (χ4v) is 3.38. The maximum Gasteiger partial charge on any atom is 0.0389 e. The summed E-state index contributed by atoms with van der Waals surface area (Å²) >= 11 is 3.74. The molecule has 1 aliphatic heterocycles. The first-order valence-corrected chi connectivity index (χ1v) is 8.71. The van der Waals surface area contributed by atoms with E-state index in [-0.39, 0.29) is 0 Å². The average molecular weight is 354 g/mol. The molecule has 118 valence electrons. The summed E-state index contributed by atoms with van der Waals surface area (Å²) in [5.41, 5.74) is 2.66. The van der Waals surface area contributed by atoms with E-state index in [1.54, 1.807) is 0 Å². The first-order valence-electron chi connectivity index (χ1n) is 7.91. The third-order valence-electron chi connectivity index (χ3n) is 4.07. The molecule has 1 N–H and O–H groups in total. The Kier molecular flexibility index (Phi) is 6.08. The molecule has 0 amide bonds. The van der Waals surface area contributed by atoms with Gasteiger partial charge in [-0.2, -0.15) is 0 Å². The molecule has 0 aromatic heterocycles. The zero-order chi connectivity index (χ0) is 15.4. The molecule has 0 bridgehead atoms. The molecule has 1 heterocycles. The lowest BCUT2D eigenvalue weighted by Crippen LogP contribution is -2.50. The molecule has 1 aromatic rings. The second-order valence-electron chi connectivity index (χ2n) is 6.61. The Bertz CT molecular complexity index is 461. The summed E-state index contributed by atoms with van der Waals surface area (Å²) < 4.78 is 1.21. The van der Waals surface area contributed by atoms with Gasteiger partial charge in [0.1, 0.15) is 0 Å². The van der Waals surface area contributed by atoms with E-state index in [9.17, 15) is 0 Å². The van der Waals surface area contributed by atoms with Crippen molar-refractivity contribution in [2.24, 2.45) is 5.92 Å². The molecule has 1 unspecified atom stereocenters. The number of likely N-dealkylation sites (N-methyl/N-ethyl adjacent to an activating group) is 1. The summed E-state index contributed by atoms with van der Waals surface area (Å²) in [4.78, 5) is 4.91. The minimum atomic E-state index is 0.570. The van der Waals surface area contributed by atoms with Gasteiger partial charge in [0.25, 0.3) is 0 Å². The van der Waals surface area contributed by atoms with Crippen LogP contribution in [0.5, 0.6) is 0 Å².